The van der Waals surface area contributed by atoms with E-state index in [4.69, 9.17) is 19.9 Å². The fraction of sp³-hybridized carbons (Fsp3) is 0.0571. The van der Waals surface area contributed by atoms with Gasteiger partial charge in [0.1, 0.15) is 11.4 Å². The zero-order chi connectivity index (χ0) is 29.3. The van der Waals surface area contributed by atoms with Gasteiger partial charge in [-0.25, -0.2) is 19.9 Å². The van der Waals surface area contributed by atoms with Gasteiger partial charge >= 0.3 is 0 Å². The molecule has 3 aromatic carbocycles. The molecule has 0 fully saturated rings. The van der Waals surface area contributed by atoms with E-state index >= 15 is 0 Å². The van der Waals surface area contributed by atoms with Gasteiger partial charge in [0.15, 0.2) is 11.6 Å². The zero-order valence-corrected chi connectivity index (χ0v) is 23.5. The smallest absolute Gasteiger partial charge is 0.253 e. The second kappa shape index (κ2) is 10.8. The van der Waals surface area contributed by atoms with E-state index < -0.39 is 0 Å². The third-order valence-corrected chi connectivity index (χ3v) is 7.13. The van der Waals surface area contributed by atoms with Crippen molar-refractivity contribution in [3.05, 3.63) is 121 Å². The monoisotopic (exact) mass is 559 g/mol. The molecular formula is C35H25N7O. The van der Waals surface area contributed by atoms with E-state index in [1.165, 1.54) is 0 Å². The van der Waals surface area contributed by atoms with E-state index in [1.807, 2.05) is 103 Å². The molecule has 0 saturated heterocycles. The molecule has 8 heteroatoms. The van der Waals surface area contributed by atoms with Crippen LogP contribution in [0.15, 0.2) is 116 Å². The summed E-state index contributed by atoms with van der Waals surface area (Å²) in [4.78, 5) is 43.6. The van der Waals surface area contributed by atoms with Crippen LogP contribution in [0.4, 0.5) is 0 Å². The molecule has 0 aliphatic rings. The Morgan fingerprint density at radius 3 is 1.47 bits per heavy atom. The normalized spacial score (nSPS) is 11.1. The molecule has 43 heavy (non-hydrogen) atoms. The van der Waals surface area contributed by atoms with Crippen molar-refractivity contribution in [1.82, 2.24) is 34.8 Å². The number of amides is 1. The lowest BCUT2D eigenvalue weighted by Gasteiger charge is -2.16. The third-order valence-electron chi connectivity index (χ3n) is 7.13. The van der Waals surface area contributed by atoms with Gasteiger partial charge in [-0.3, -0.25) is 14.8 Å². The number of benzene rings is 3. The number of pyridine rings is 2. The largest absolute Gasteiger partial charge is 0.345 e. The molecule has 7 aromatic rings. The van der Waals surface area contributed by atoms with Crippen molar-refractivity contribution in [3.8, 4) is 45.6 Å². The van der Waals surface area contributed by atoms with Crippen molar-refractivity contribution in [1.29, 1.82) is 0 Å². The Morgan fingerprint density at radius 2 is 1.02 bits per heavy atom. The van der Waals surface area contributed by atoms with Gasteiger partial charge < -0.3 is 4.90 Å². The van der Waals surface area contributed by atoms with Gasteiger partial charge in [-0.05, 0) is 54.6 Å². The maximum absolute atomic E-state index is 13.5. The number of hydrogen-bond donors (Lipinski definition) is 0. The highest BCUT2D eigenvalue weighted by molar-refractivity contribution is 6.02. The van der Waals surface area contributed by atoms with Crippen LogP contribution in [0.3, 0.4) is 0 Å². The maximum atomic E-state index is 13.5. The lowest BCUT2D eigenvalue weighted by molar-refractivity contribution is 0.0827. The maximum Gasteiger partial charge on any atom is 0.253 e. The minimum atomic E-state index is -0.130. The predicted molar refractivity (Wildman–Crippen MR) is 168 cm³/mol. The average molecular weight is 560 g/mol. The Bertz CT molecular complexity index is 1990. The van der Waals surface area contributed by atoms with E-state index in [0.717, 1.165) is 32.9 Å². The summed E-state index contributed by atoms with van der Waals surface area (Å²) < 4.78 is 0. The number of rotatable bonds is 5. The van der Waals surface area contributed by atoms with Crippen LogP contribution in [-0.4, -0.2) is 54.8 Å². The molecule has 7 rings (SSSR count). The molecule has 8 nitrogen and oxygen atoms in total. The van der Waals surface area contributed by atoms with E-state index in [-0.39, 0.29) is 5.91 Å². The van der Waals surface area contributed by atoms with Gasteiger partial charge in [-0.15, -0.1) is 0 Å². The summed E-state index contributed by atoms with van der Waals surface area (Å²) >= 11 is 0. The molecule has 4 aromatic heterocycles. The van der Waals surface area contributed by atoms with Crippen molar-refractivity contribution in [3.63, 3.8) is 0 Å². The van der Waals surface area contributed by atoms with Gasteiger partial charge in [-0.1, -0.05) is 48.5 Å². The summed E-state index contributed by atoms with van der Waals surface area (Å²) in [6, 6.07) is 32.8. The SMILES string of the molecule is CN(C)C(=O)c1cc(-c2nc(-c3ccccn3)nc3ccccc23)cc(-c2nc(-c3ccccn3)nc3ccccc23)c1. The Balaban J connectivity index is 1.52. The Morgan fingerprint density at radius 1 is 0.558 bits per heavy atom. The number of nitrogens with zero attached hydrogens (tertiary/aromatic N) is 7. The highest BCUT2D eigenvalue weighted by Gasteiger charge is 2.19. The van der Waals surface area contributed by atoms with Crippen LogP contribution < -0.4 is 0 Å². The van der Waals surface area contributed by atoms with Crippen molar-refractivity contribution in [2.45, 2.75) is 0 Å². The number of para-hydroxylation sites is 2. The molecule has 0 saturated carbocycles. The first kappa shape index (κ1) is 26.0. The summed E-state index contributed by atoms with van der Waals surface area (Å²) in [5.41, 5.74) is 6.33. The number of carbonyl (C=O) groups excluding carboxylic acids is 1. The van der Waals surface area contributed by atoms with Gasteiger partial charge in [-0.2, -0.15) is 0 Å². The van der Waals surface area contributed by atoms with Crippen molar-refractivity contribution in [2.75, 3.05) is 14.1 Å². The molecule has 0 radical (unpaired) electrons. The molecule has 0 aliphatic carbocycles. The lowest BCUT2D eigenvalue weighted by atomic mass is 9.96. The summed E-state index contributed by atoms with van der Waals surface area (Å²) in [6.07, 6.45) is 3.45. The standard InChI is InChI=1S/C35H25N7O/c1-42(2)35(43)24-20-22(31-25-11-3-5-13-27(25)38-33(40-31)29-15-7-9-17-36-29)19-23(21-24)32-26-12-4-6-14-28(26)39-34(41-32)30-16-8-10-18-37-30/h3-21H,1-2H3. The molecular weight excluding hydrogens is 534 g/mol. The summed E-state index contributed by atoms with van der Waals surface area (Å²) in [5, 5.41) is 1.73. The Hall–Kier alpha value is -5.89. The molecule has 0 spiro atoms. The van der Waals surface area contributed by atoms with Gasteiger partial charge in [0.25, 0.3) is 5.91 Å². The number of carbonyl (C=O) groups is 1. The van der Waals surface area contributed by atoms with Crippen LogP contribution in [-0.2, 0) is 0 Å². The average Bonchev–Trinajstić information content (AvgIpc) is 3.07. The van der Waals surface area contributed by atoms with Crippen LogP contribution in [0, 0.1) is 0 Å². The van der Waals surface area contributed by atoms with Crippen LogP contribution in [0.25, 0.3) is 67.4 Å². The number of hydrogen-bond acceptors (Lipinski definition) is 7. The first-order valence-corrected chi connectivity index (χ1v) is 13.8. The second-order valence-corrected chi connectivity index (χ2v) is 10.3. The van der Waals surface area contributed by atoms with Gasteiger partial charge in [0, 0.05) is 54.0 Å². The molecule has 4 heterocycles. The Labute approximate surface area is 247 Å². The molecule has 0 aliphatic heterocycles. The summed E-state index contributed by atoms with van der Waals surface area (Å²) in [7, 11) is 3.49. The zero-order valence-electron chi connectivity index (χ0n) is 23.5. The van der Waals surface area contributed by atoms with Crippen LogP contribution in [0.1, 0.15) is 10.4 Å². The summed E-state index contributed by atoms with van der Waals surface area (Å²) in [5.74, 6) is 0.880. The van der Waals surface area contributed by atoms with Crippen LogP contribution >= 0.6 is 0 Å². The van der Waals surface area contributed by atoms with Crippen molar-refractivity contribution < 1.29 is 4.79 Å². The highest BCUT2D eigenvalue weighted by atomic mass is 16.2. The summed E-state index contributed by atoms with van der Waals surface area (Å²) in [6.45, 7) is 0. The predicted octanol–water partition coefficient (Wildman–Crippen LogP) is 6.73. The first-order chi connectivity index (χ1) is 21.0. The fourth-order valence-corrected chi connectivity index (χ4v) is 5.10. The molecule has 0 atom stereocenters. The Kier molecular flexibility index (Phi) is 6.56. The van der Waals surface area contributed by atoms with Gasteiger partial charge in [0.05, 0.1) is 22.4 Å². The van der Waals surface area contributed by atoms with Crippen molar-refractivity contribution in [2.24, 2.45) is 0 Å². The van der Waals surface area contributed by atoms with E-state index in [0.29, 0.717) is 40.0 Å². The molecule has 0 unspecified atom stereocenters. The highest BCUT2D eigenvalue weighted by Crippen LogP contribution is 2.35. The minimum absolute atomic E-state index is 0.130. The van der Waals surface area contributed by atoms with Crippen molar-refractivity contribution >= 4 is 27.7 Å². The quantitative estimate of drug-likeness (QED) is 0.231. The molecule has 0 N–H and O–H groups in total. The van der Waals surface area contributed by atoms with Crippen LogP contribution in [0.5, 0.6) is 0 Å². The minimum Gasteiger partial charge on any atom is -0.345 e. The molecule has 1 amide bonds. The third kappa shape index (κ3) is 4.95. The lowest BCUT2D eigenvalue weighted by Crippen LogP contribution is -2.21. The topological polar surface area (TPSA) is 97.7 Å². The van der Waals surface area contributed by atoms with E-state index in [1.54, 1.807) is 31.4 Å². The second-order valence-electron chi connectivity index (χ2n) is 10.3. The number of fused-ring (bicyclic) bond motifs is 2. The van der Waals surface area contributed by atoms with Gasteiger partial charge in [0.2, 0.25) is 0 Å². The first-order valence-electron chi connectivity index (χ1n) is 13.8. The van der Waals surface area contributed by atoms with Crippen LogP contribution in [0.2, 0.25) is 0 Å². The van der Waals surface area contributed by atoms with E-state index in [2.05, 4.69) is 9.97 Å². The molecule has 0 bridgehead atoms. The van der Waals surface area contributed by atoms with E-state index in [9.17, 15) is 4.79 Å². The fourth-order valence-electron chi connectivity index (χ4n) is 5.10. The number of aromatic nitrogens is 6. The molecule has 206 valence electrons.